The van der Waals surface area contributed by atoms with Gasteiger partial charge in [0.1, 0.15) is 5.52 Å². The summed E-state index contributed by atoms with van der Waals surface area (Å²) in [6, 6.07) is 11.6. The van der Waals surface area contributed by atoms with Crippen LogP contribution in [-0.4, -0.2) is 28.4 Å². The second kappa shape index (κ2) is 5.85. The molecule has 0 radical (unpaired) electrons. The van der Waals surface area contributed by atoms with Crippen LogP contribution >= 0.6 is 12.4 Å². The Kier molecular flexibility index (Phi) is 3.88. The van der Waals surface area contributed by atoms with Crippen molar-refractivity contribution in [1.82, 2.24) is 9.78 Å². The van der Waals surface area contributed by atoms with E-state index in [9.17, 15) is 4.79 Å². The van der Waals surface area contributed by atoms with E-state index in [0.717, 1.165) is 29.6 Å². The highest BCUT2D eigenvalue weighted by molar-refractivity contribution is 6.04. The van der Waals surface area contributed by atoms with Crippen molar-refractivity contribution < 1.29 is 4.79 Å². The zero-order valence-electron chi connectivity index (χ0n) is 12.3. The fraction of sp³-hybridized carbons (Fsp3) is 0.118. The molecule has 1 amide bonds. The minimum Gasteiger partial charge on any atom is -0.366 e. The predicted octanol–water partition coefficient (Wildman–Crippen LogP) is 2.52. The van der Waals surface area contributed by atoms with Gasteiger partial charge in [-0.3, -0.25) is 9.79 Å². The molecule has 1 aliphatic rings. The number of aromatic nitrogens is 2. The van der Waals surface area contributed by atoms with Crippen LogP contribution in [0.5, 0.6) is 0 Å². The molecular formula is C17H15ClN4O. The zero-order valence-corrected chi connectivity index (χ0v) is 13.1. The number of nitrogens with zero attached hydrogens (tertiary/aromatic N) is 3. The number of rotatable bonds is 2. The van der Waals surface area contributed by atoms with Crippen molar-refractivity contribution in [2.75, 3.05) is 6.54 Å². The highest BCUT2D eigenvalue weighted by atomic mass is 35.5. The average molecular weight is 327 g/mol. The maximum absolute atomic E-state index is 11.5. The maximum Gasteiger partial charge on any atom is 0.250 e. The second-order valence-corrected chi connectivity index (χ2v) is 5.35. The Labute approximate surface area is 139 Å². The van der Waals surface area contributed by atoms with Crippen LogP contribution in [-0.2, 0) is 6.42 Å². The number of halogens is 1. The lowest BCUT2D eigenvalue weighted by atomic mass is 10.0. The number of fused-ring (bicyclic) bond motifs is 2. The Bertz CT molecular complexity index is 929. The van der Waals surface area contributed by atoms with Crippen molar-refractivity contribution in [2.24, 2.45) is 10.7 Å². The molecule has 0 bridgehead atoms. The molecule has 2 aromatic carbocycles. The molecule has 0 saturated heterocycles. The molecule has 0 aliphatic carbocycles. The summed E-state index contributed by atoms with van der Waals surface area (Å²) in [5, 5.41) is 5.42. The summed E-state index contributed by atoms with van der Waals surface area (Å²) in [6.07, 6.45) is 4.78. The Morgan fingerprint density at radius 1 is 1.22 bits per heavy atom. The molecule has 1 aromatic heterocycles. The summed E-state index contributed by atoms with van der Waals surface area (Å²) in [5.41, 5.74) is 9.85. The quantitative estimate of drug-likeness (QED) is 0.786. The van der Waals surface area contributed by atoms with Crippen molar-refractivity contribution in [3.63, 3.8) is 0 Å². The molecule has 0 fully saturated rings. The van der Waals surface area contributed by atoms with E-state index in [0.29, 0.717) is 11.1 Å². The van der Waals surface area contributed by atoms with E-state index in [1.165, 1.54) is 5.56 Å². The summed E-state index contributed by atoms with van der Waals surface area (Å²) in [7, 11) is 0. The van der Waals surface area contributed by atoms with Crippen LogP contribution in [0.1, 0.15) is 21.5 Å². The third-order valence-electron chi connectivity index (χ3n) is 3.94. The minimum absolute atomic E-state index is 0. The summed E-state index contributed by atoms with van der Waals surface area (Å²) in [6.45, 7) is 0.847. The number of aliphatic imine (C=N–C) groups is 1. The Balaban J connectivity index is 0.00000156. The van der Waals surface area contributed by atoms with Gasteiger partial charge >= 0.3 is 0 Å². The fourth-order valence-electron chi connectivity index (χ4n) is 2.80. The summed E-state index contributed by atoms with van der Waals surface area (Å²) in [5.74, 6) is -0.464. The van der Waals surface area contributed by atoms with E-state index in [2.05, 4.69) is 22.2 Å². The topological polar surface area (TPSA) is 73.3 Å². The molecule has 3 aromatic rings. The Hall–Kier alpha value is -2.66. The molecule has 0 unspecified atom stereocenters. The smallest absolute Gasteiger partial charge is 0.250 e. The van der Waals surface area contributed by atoms with Crippen LogP contribution in [0.25, 0.3) is 16.6 Å². The van der Waals surface area contributed by atoms with Crippen molar-refractivity contribution >= 4 is 35.4 Å². The highest BCUT2D eigenvalue weighted by Gasteiger charge is 2.12. The van der Waals surface area contributed by atoms with E-state index in [4.69, 9.17) is 5.73 Å². The lowest BCUT2D eigenvalue weighted by Gasteiger charge is -2.11. The number of primary amides is 1. The van der Waals surface area contributed by atoms with Gasteiger partial charge < -0.3 is 5.73 Å². The maximum atomic E-state index is 11.5. The number of carbonyl (C=O) groups is 1. The first kappa shape index (κ1) is 15.2. The van der Waals surface area contributed by atoms with Crippen LogP contribution in [0.3, 0.4) is 0 Å². The van der Waals surface area contributed by atoms with Gasteiger partial charge in [-0.25, -0.2) is 4.68 Å². The summed E-state index contributed by atoms with van der Waals surface area (Å²) in [4.78, 5) is 15.8. The minimum atomic E-state index is -0.464. The fourth-order valence-corrected chi connectivity index (χ4v) is 2.80. The van der Waals surface area contributed by atoms with Gasteiger partial charge in [0, 0.05) is 24.3 Å². The van der Waals surface area contributed by atoms with Gasteiger partial charge in [-0.1, -0.05) is 18.2 Å². The van der Waals surface area contributed by atoms with Crippen LogP contribution in [0.15, 0.2) is 47.6 Å². The molecule has 6 heteroatoms. The predicted molar refractivity (Wildman–Crippen MR) is 93.0 cm³/mol. The molecule has 5 nitrogen and oxygen atoms in total. The van der Waals surface area contributed by atoms with Crippen LogP contribution < -0.4 is 5.73 Å². The first-order valence-electron chi connectivity index (χ1n) is 7.14. The number of nitrogens with two attached hydrogens (primary N) is 1. The summed E-state index contributed by atoms with van der Waals surface area (Å²) >= 11 is 0. The molecule has 0 atom stereocenters. The number of carbonyl (C=O) groups excluding carboxylic acids is 1. The zero-order chi connectivity index (χ0) is 15.1. The molecule has 23 heavy (non-hydrogen) atoms. The first-order chi connectivity index (χ1) is 10.7. The normalized spacial score (nSPS) is 12.7. The van der Waals surface area contributed by atoms with Crippen LogP contribution in [0.2, 0.25) is 0 Å². The van der Waals surface area contributed by atoms with E-state index in [-0.39, 0.29) is 12.4 Å². The van der Waals surface area contributed by atoms with E-state index in [1.54, 1.807) is 10.7 Å². The van der Waals surface area contributed by atoms with Gasteiger partial charge in [0.25, 0.3) is 5.91 Å². The van der Waals surface area contributed by atoms with E-state index >= 15 is 0 Å². The van der Waals surface area contributed by atoms with Gasteiger partial charge in [-0.15, -0.1) is 12.4 Å². The van der Waals surface area contributed by atoms with E-state index < -0.39 is 5.91 Å². The molecule has 116 valence electrons. The van der Waals surface area contributed by atoms with Crippen LogP contribution in [0, 0.1) is 0 Å². The van der Waals surface area contributed by atoms with Gasteiger partial charge in [0.05, 0.1) is 11.3 Å². The van der Waals surface area contributed by atoms with Crippen molar-refractivity contribution in [1.29, 1.82) is 0 Å². The molecule has 1 aliphatic heterocycles. The van der Waals surface area contributed by atoms with Gasteiger partial charge in [0.2, 0.25) is 0 Å². The molecule has 2 N–H and O–H groups in total. The second-order valence-electron chi connectivity index (χ2n) is 5.35. The first-order valence-corrected chi connectivity index (χ1v) is 7.14. The SMILES string of the molecule is Cl.NC(=O)c1cccc2cn(-c3ccc4c(c3)C=NCC4)nc12. The third-order valence-corrected chi connectivity index (χ3v) is 3.94. The van der Waals surface area contributed by atoms with Crippen molar-refractivity contribution in [2.45, 2.75) is 6.42 Å². The lowest BCUT2D eigenvalue weighted by Crippen LogP contribution is -2.11. The Morgan fingerprint density at radius 2 is 2.09 bits per heavy atom. The number of hydrogen-bond acceptors (Lipinski definition) is 3. The monoisotopic (exact) mass is 326 g/mol. The van der Waals surface area contributed by atoms with Gasteiger partial charge in [-0.2, -0.15) is 5.10 Å². The number of benzene rings is 2. The summed E-state index contributed by atoms with van der Waals surface area (Å²) < 4.78 is 1.78. The molecule has 0 spiro atoms. The standard InChI is InChI=1S/C17H14N4O.ClH/c18-17(22)15-3-1-2-12-10-21(20-16(12)15)14-5-4-11-6-7-19-9-13(11)8-14;/h1-5,8-10H,6-7H2,(H2,18,22);1H. The highest BCUT2D eigenvalue weighted by Crippen LogP contribution is 2.21. The lowest BCUT2D eigenvalue weighted by molar-refractivity contribution is 0.100. The largest absolute Gasteiger partial charge is 0.366 e. The molecule has 0 saturated carbocycles. The van der Waals surface area contributed by atoms with Crippen molar-refractivity contribution in [3.8, 4) is 5.69 Å². The van der Waals surface area contributed by atoms with Crippen LogP contribution in [0.4, 0.5) is 0 Å². The van der Waals surface area contributed by atoms with Gasteiger partial charge in [-0.05, 0) is 35.7 Å². The average Bonchev–Trinajstić information content (AvgIpc) is 2.98. The number of amides is 1. The molecule has 4 rings (SSSR count). The molecule has 2 heterocycles. The molecular weight excluding hydrogens is 312 g/mol. The van der Waals surface area contributed by atoms with Crippen molar-refractivity contribution in [3.05, 3.63) is 59.3 Å². The third kappa shape index (κ3) is 2.59. The number of hydrogen-bond donors (Lipinski definition) is 1. The van der Waals surface area contributed by atoms with Gasteiger partial charge in [0.15, 0.2) is 0 Å². The Morgan fingerprint density at radius 3 is 2.91 bits per heavy atom. The van der Waals surface area contributed by atoms with E-state index in [1.807, 2.05) is 30.6 Å².